The number of phenolic OH excluding ortho intramolecular Hbond substituents is 4. The highest BCUT2D eigenvalue weighted by molar-refractivity contribution is 5.75. The number of aliphatic carboxylic acids is 4. The van der Waals surface area contributed by atoms with Crippen LogP contribution in [-0.4, -0.2) is 135 Å². The first-order chi connectivity index (χ1) is 32.6. The van der Waals surface area contributed by atoms with E-state index < -0.39 is 48.0 Å². The van der Waals surface area contributed by atoms with E-state index in [1.54, 1.807) is 0 Å². The highest BCUT2D eigenvalue weighted by atomic mass is 16.4. The molecule has 4 unspecified atom stereocenters. The fourth-order valence-corrected chi connectivity index (χ4v) is 11.7. The van der Waals surface area contributed by atoms with Gasteiger partial charge in [0, 0.05) is 51.9 Å². The molecule has 0 saturated carbocycles. The van der Waals surface area contributed by atoms with Crippen molar-refractivity contribution in [1.29, 1.82) is 0 Å². The summed E-state index contributed by atoms with van der Waals surface area (Å²) in [6.07, 6.45) is 4.93. The average molecular weight is 933 g/mol. The molecule has 8 bridgehead atoms. The number of rotatable bonds is 12. The lowest BCUT2D eigenvalue weighted by Gasteiger charge is -2.25. The highest BCUT2D eigenvalue weighted by Gasteiger charge is 2.35. The second kappa shape index (κ2) is 19.4. The van der Waals surface area contributed by atoms with Crippen molar-refractivity contribution in [2.75, 3.05) is 26.2 Å². The van der Waals surface area contributed by atoms with E-state index in [9.17, 15) is 60.0 Å². The lowest BCUT2D eigenvalue weighted by molar-refractivity contribution is -0.143. The van der Waals surface area contributed by atoms with Crippen LogP contribution in [0.4, 0.5) is 0 Å². The monoisotopic (exact) mass is 932 g/mol. The zero-order valence-electron chi connectivity index (χ0n) is 38.1. The molecular formula is C52H60N4O12. The number of hydrogen-bond acceptors (Lipinski definition) is 12. The topological polar surface area (TPSA) is 243 Å². The number of carbonyl (C=O) groups is 4. The third-order valence-corrected chi connectivity index (χ3v) is 15.0. The lowest BCUT2D eigenvalue weighted by Crippen LogP contribution is -2.35. The molecule has 4 saturated heterocycles. The molecule has 4 fully saturated rings. The standard InChI is InChI=1S/C52H60N4O12/c57-45-33-13-29(25-53-9-1-5-41(53)49(61)62)14-34(45)22-36-16-31(27-55-11-3-7-43(55)51(65)66)18-38(47(36)59)24-40-20-32(28-56-12-4-8-44(56)52(67)68)19-39(48(40)60)23-37-17-30(15-35(21-33)46(37)58)26-54-10-2-6-42(54)50(63)64/h13-20,41-44,57-60H,1-12,21-28H2,(H,61,62)(H,63,64)(H,65,66)(H,67,68). The molecule has 16 heteroatoms. The van der Waals surface area contributed by atoms with Gasteiger partial charge in [-0.05, 0) is 144 Å². The Balaban J connectivity index is 1.21. The summed E-state index contributed by atoms with van der Waals surface area (Å²) in [7, 11) is 0. The van der Waals surface area contributed by atoms with Gasteiger partial charge in [-0.2, -0.15) is 0 Å². The Kier molecular flexibility index (Phi) is 13.4. The number of carboxylic acid groups (broad SMARTS) is 4. The van der Waals surface area contributed by atoms with Crippen LogP contribution in [0.5, 0.6) is 23.0 Å². The van der Waals surface area contributed by atoms with Gasteiger partial charge in [-0.1, -0.05) is 48.5 Å². The number of phenols is 4. The second-order valence-electron chi connectivity index (χ2n) is 19.6. The zero-order valence-corrected chi connectivity index (χ0v) is 38.1. The number of aromatic hydroxyl groups is 4. The molecule has 8 N–H and O–H groups in total. The summed E-state index contributed by atoms with van der Waals surface area (Å²) in [5, 5.41) is 89.3. The van der Waals surface area contributed by atoms with E-state index in [2.05, 4.69) is 0 Å². The van der Waals surface area contributed by atoms with Crippen LogP contribution in [0, 0.1) is 0 Å². The normalized spacial score (nSPS) is 22.5. The number of likely N-dealkylation sites (tertiary alicyclic amines) is 4. The van der Waals surface area contributed by atoms with Crippen molar-refractivity contribution in [1.82, 2.24) is 19.6 Å². The summed E-state index contributed by atoms with van der Waals surface area (Å²) >= 11 is 0. The van der Waals surface area contributed by atoms with E-state index in [0.29, 0.717) is 122 Å². The molecule has 4 atom stereocenters. The van der Waals surface area contributed by atoms with Crippen molar-refractivity contribution in [2.24, 2.45) is 0 Å². The quantitative estimate of drug-likeness (QED) is 0.0783. The molecule has 0 amide bonds. The van der Waals surface area contributed by atoms with Crippen LogP contribution in [0.15, 0.2) is 48.5 Å². The minimum absolute atomic E-state index is 0.0235. The first kappa shape index (κ1) is 46.9. The lowest BCUT2D eigenvalue weighted by atomic mass is 9.88. The summed E-state index contributed by atoms with van der Waals surface area (Å²) in [6, 6.07) is 11.8. The molecule has 16 nitrogen and oxygen atoms in total. The van der Waals surface area contributed by atoms with Gasteiger partial charge in [0.2, 0.25) is 0 Å². The summed E-state index contributed by atoms with van der Waals surface area (Å²) in [6.45, 7) is 3.33. The fourth-order valence-electron chi connectivity index (χ4n) is 11.7. The zero-order chi connectivity index (χ0) is 48.0. The molecule has 360 valence electrons. The first-order valence-electron chi connectivity index (χ1n) is 23.8. The third-order valence-electron chi connectivity index (χ3n) is 15.0. The fraction of sp³-hybridized carbons (Fsp3) is 0.462. The summed E-state index contributed by atoms with van der Waals surface area (Å²) in [4.78, 5) is 56.7. The van der Waals surface area contributed by atoms with Gasteiger partial charge in [-0.25, -0.2) is 0 Å². The van der Waals surface area contributed by atoms with Crippen molar-refractivity contribution in [2.45, 2.75) is 127 Å². The maximum atomic E-state index is 12.3. The SMILES string of the molecule is O=C(O)C1CCCN1Cc1cc2c(O)c(c1)Cc1cc(CN3CCCC3C(=O)O)cc(c1O)Cc1cc(CN3CCCC3C(=O)O)cc(c1O)Cc1cc(CN3CCCC3C(=O)O)cc(c1O)C2. The molecular weight excluding hydrogens is 873 g/mol. The summed E-state index contributed by atoms with van der Waals surface area (Å²) in [5.41, 5.74) is 6.48. The number of nitrogens with zero attached hydrogens (tertiary/aromatic N) is 4. The van der Waals surface area contributed by atoms with Crippen molar-refractivity contribution in [3.8, 4) is 23.0 Å². The average Bonchev–Trinajstić information content (AvgIpc) is 4.13. The predicted molar refractivity (Wildman–Crippen MR) is 248 cm³/mol. The Hall–Kier alpha value is -6.20. The van der Waals surface area contributed by atoms with E-state index in [1.165, 1.54) is 0 Å². The maximum Gasteiger partial charge on any atom is 0.320 e. The number of fused-ring (bicyclic) bond motifs is 8. The van der Waals surface area contributed by atoms with Gasteiger partial charge in [0.25, 0.3) is 0 Å². The number of carboxylic acids is 4. The molecule has 5 aliphatic rings. The number of hydrogen-bond donors (Lipinski definition) is 8. The minimum atomic E-state index is -0.915. The Morgan fingerprint density at radius 3 is 0.691 bits per heavy atom. The highest BCUT2D eigenvalue weighted by Crippen LogP contribution is 2.41. The molecule has 0 radical (unpaired) electrons. The van der Waals surface area contributed by atoms with Crippen LogP contribution in [0.25, 0.3) is 0 Å². The molecule has 1 aliphatic carbocycles. The van der Waals surface area contributed by atoms with Gasteiger partial charge in [0.1, 0.15) is 47.2 Å². The van der Waals surface area contributed by atoms with Gasteiger partial charge in [-0.3, -0.25) is 38.8 Å². The Morgan fingerprint density at radius 1 is 0.353 bits per heavy atom. The van der Waals surface area contributed by atoms with E-state index in [-0.39, 0.29) is 74.9 Å². The summed E-state index contributed by atoms with van der Waals surface area (Å²) < 4.78 is 0. The van der Waals surface area contributed by atoms with Crippen LogP contribution in [0.2, 0.25) is 0 Å². The Morgan fingerprint density at radius 2 is 0.529 bits per heavy atom. The van der Waals surface area contributed by atoms with Crippen molar-refractivity contribution in [3.05, 3.63) is 115 Å². The van der Waals surface area contributed by atoms with Crippen molar-refractivity contribution in [3.63, 3.8) is 0 Å². The van der Waals surface area contributed by atoms with Gasteiger partial charge in [0.05, 0.1) is 0 Å². The van der Waals surface area contributed by atoms with E-state index >= 15 is 0 Å². The second-order valence-corrected chi connectivity index (χ2v) is 19.6. The van der Waals surface area contributed by atoms with Crippen LogP contribution >= 0.6 is 0 Å². The van der Waals surface area contributed by atoms with E-state index in [0.717, 1.165) is 22.3 Å². The van der Waals surface area contributed by atoms with Crippen molar-refractivity contribution >= 4 is 23.9 Å². The third kappa shape index (κ3) is 9.73. The smallest absolute Gasteiger partial charge is 0.320 e. The molecule has 9 rings (SSSR count). The molecule has 0 spiro atoms. The molecule has 4 aromatic carbocycles. The van der Waals surface area contributed by atoms with Gasteiger partial charge < -0.3 is 40.9 Å². The maximum absolute atomic E-state index is 12.3. The molecule has 68 heavy (non-hydrogen) atoms. The van der Waals surface area contributed by atoms with E-state index in [4.69, 9.17) is 0 Å². The van der Waals surface area contributed by atoms with Crippen LogP contribution < -0.4 is 0 Å². The Bertz CT molecular complexity index is 2200. The number of benzene rings is 4. The predicted octanol–water partition coefficient (Wildman–Crippen LogP) is 5.38. The molecule has 4 aliphatic heterocycles. The Labute approximate surface area is 394 Å². The minimum Gasteiger partial charge on any atom is -0.507 e. The molecule has 4 heterocycles. The van der Waals surface area contributed by atoms with Crippen LogP contribution in [0.3, 0.4) is 0 Å². The van der Waals surface area contributed by atoms with Gasteiger partial charge in [0.15, 0.2) is 0 Å². The van der Waals surface area contributed by atoms with Crippen molar-refractivity contribution < 1.29 is 60.0 Å². The van der Waals surface area contributed by atoms with E-state index in [1.807, 2.05) is 68.1 Å². The van der Waals surface area contributed by atoms with Crippen LogP contribution in [0.1, 0.15) is 118 Å². The largest absolute Gasteiger partial charge is 0.507 e. The van der Waals surface area contributed by atoms with Gasteiger partial charge in [-0.15, -0.1) is 0 Å². The van der Waals surface area contributed by atoms with Gasteiger partial charge >= 0.3 is 23.9 Å². The summed E-state index contributed by atoms with van der Waals surface area (Å²) in [5.74, 6) is -3.94. The van der Waals surface area contributed by atoms with Crippen LogP contribution in [-0.2, 0) is 71.0 Å². The first-order valence-corrected chi connectivity index (χ1v) is 23.8. The molecule has 4 aromatic rings. The molecule has 0 aromatic heterocycles.